The average molecular weight is 277 g/mol. The first kappa shape index (κ1) is 14.5. The van der Waals surface area contributed by atoms with Crippen LogP contribution in [0.15, 0.2) is 24.3 Å². The zero-order valence-electron chi connectivity index (χ0n) is 11.3. The molecule has 0 radical (unpaired) electrons. The molecule has 0 unspecified atom stereocenters. The molecule has 1 aliphatic rings. The Bertz CT molecular complexity index is 467. The Hall–Kier alpha value is -1.95. The van der Waals surface area contributed by atoms with Crippen molar-refractivity contribution in [2.45, 2.75) is 38.3 Å². The minimum absolute atomic E-state index is 0.0128. The smallest absolute Gasteiger partial charge is 0.269 e. The maximum Gasteiger partial charge on any atom is 0.269 e. The third kappa shape index (κ3) is 4.31. The molecule has 1 fully saturated rings. The van der Waals surface area contributed by atoms with Crippen LogP contribution in [0.4, 0.5) is 5.69 Å². The van der Waals surface area contributed by atoms with Crippen LogP contribution in [-0.2, 0) is 11.3 Å². The van der Waals surface area contributed by atoms with E-state index >= 15 is 0 Å². The molecular formula is C14H19N3O3. The van der Waals surface area contributed by atoms with E-state index in [1.165, 1.54) is 25.0 Å². The van der Waals surface area contributed by atoms with Gasteiger partial charge in [0.25, 0.3) is 5.69 Å². The third-order valence-electron chi connectivity index (χ3n) is 3.48. The van der Waals surface area contributed by atoms with Gasteiger partial charge < -0.3 is 10.6 Å². The molecule has 6 nitrogen and oxygen atoms in total. The van der Waals surface area contributed by atoms with E-state index in [1.54, 1.807) is 12.1 Å². The van der Waals surface area contributed by atoms with Gasteiger partial charge in [-0.05, 0) is 18.4 Å². The quantitative estimate of drug-likeness (QED) is 0.613. The number of benzene rings is 1. The zero-order valence-corrected chi connectivity index (χ0v) is 11.3. The van der Waals surface area contributed by atoms with Gasteiger partial charge in [0.1, 0.15) is 0 Å². The number of nitro benzene ring substituents is 1. The van der Waals surface area contributed by atoms with Crippen molar-refractivity contribution in [1.29, 1.82) is 0 Å². The fourth-order valence-electron chi connectivity index (χ4n) is 2.40. The molecule has 2 N–H and O–H groups in total. The molecule has 1 aromatic carbocycles. The van der Waals surface area contributed by atoms with Gasteiger partial charge in [-0.15, -0.1) is 0 Å². The van der Waals surface area contributed by atoms with E-state index in [9.17, 15) is 14.9 Å². The first-order chi connectivity index (χ1) is 9.65. The van der Waals surface area contributed by atoms with E-state index in [0.717, 1.165) is 18.4 Å². The van der Waals surface area contributed by atoms with Crippen molar-refractivity contribution in [1.82, 2.24) is 10.6 Å². The molecule has 0 heterocycles. The van der Waals surface area contributed by atoms with Crippen LogP contribution >= 0.6 is 0 Å². The van der Waals surface area contributed by atoms with E-state index in [4.69, 9.17) is 0 Å². The summed E-state index contributed by atoms with van der Waals surface area (Å²) in [4.78, 5) is 21.8. The Kier molecular flexibility index (Phi) is 5.06. The van der Waals surface area contributed by atoms with Crippen molar-refractivity contribution < 1.29 is 9.72 Å². The van der Waals surface area contributed by atoms with Crippen molar-refractivity contribution in [3.63, 3.8) is 0 Å². The van der Waals surface area contributed by atoms with Gasteiger partial charge in [-0.1, -0.05) is 25.0 Å². The lowest BCUT2D eigenvalue weighted by molar-refractivity contribution is -0.384. The second-order valence-electron chi connectivity index (χ2n) is 5.08. The minimum atomic E-state index is -0.424. The summed E-state index contributed by atoms with van der Waals surface area (Å²) in [5.74, 6) is 0.0128. The van der Waals surface area contributed by atoms with Gasteiger partial charge in [0.2, 0.25) is 5.91 Å². The summed E-state index contributed by atoms with van der Waals surface area (Å²) in [6, 6.07) is 6.66. The Morgan fingerprint density at radius 2 is 1.90 bits per heavy atom. The maximum absolute atomic E-state index is 11.7. The number of carbonyl (C=O) groups is 1. The maximum atomic E-state index is 11.7. The second kappa shape index (κ2) is 7.00. The Morgan fingerprint density at radius 1 is 1.25 bits per heavy atom. The number of hydrogen-bond acceptors (Lipinski definition) is 4. The number of rotatable bonds is 6. The van der Waals surface area contributed by atoms with E-state index in [-0.39, 0.29) is 18.1 Å². The molecule has 1 aromatic rings. The highest BCUT2D eigenvalue weighted by Gasteiger charge is 2.16. The van der Waals surface area contributed by atoms with E-state index in [1.807, 2.05) is 0 Å². The first-order valence-electron chi connectivity index (χ1n) is 6.88. The van der Waals surface area contributed by atoms with E-state index < -0.39 is 4.92 Å². The van der Waals surface area contributed by atoms with Crippen LogP contribution < -0.4 is 10.6 Å². The highest BCUT2D eigenvalue weighted by molar-refractivity contribution is 5.78. The fourth-order valence-corrected chi connectivity index (χ4v) is 2.40. The largest absolute Gasteiger partial charge is 0.352 e. The molecule has 0 aliphatic heterocycles. The summed E-state index contributed by atoms with van der Waals surface area (Å²) in [6.45, 7) is 0.795. The molecule has 1 amide bonds. The van der Waals surface area contributed by atoms with Crippen molar-refractivity contribution in [3.8, 4) is 0 Å². The van der Waals surface area contributed by atoms with Crippen LogP contribution in [0, 0.1) is 10.1 Å². The average Bonchev–Trinajstić information content (AvgIpc) is 2.92. The predicted molar refractivity (Wildman–Crippen MR) is 75.2 cm³/mol. The second-order valence-corrected chi connectivity index (χ2v) is 5.08. The monoisotopic (exact) mass is 277 g/mol. The Balaban J connectivity index is 1.69. The molecule has 0 spiro atoms. The number of nitrogens with one attached hydrogen (secondary N) is 2. The molecule has 0 atom stereocenters. The molecule has 108 valence electrons. The number of amides is 1. The molecule has 0 bridgehead atoms. The van der Waals surface area contributed by atoms with Gasteiger partial charge in [0.15, 0.2) is 0 Å². The lowest BCUT2D eigenvalue weighted by Crippen LogP contribution is -2.38. The first-order valence-corrected chi connectivity index (χ1v) is 6.88. The molecule has 2 rings (SSSR count). The number of carbonyl (C=O) groups excluding carboxylic acids is 1. The Morgan fingerprint density at radius 3 is 2.50 bits per heavy atom. The van der Waals surface area contributed by atoms with Crippen molar-refractivity contribution in [3.05, 3.63) is 39.9 Å². The van der Waals surface area contributed by atoms with Gasteiger partial charge in [-0.3, -0.25) is 14.9 Å². The highest BCUT2D eigenvalue weighted by Crippen LogP contribution is 2.17. The molecular weight excluding hydrogens is 258 g/mol. The molecule has 20 heavy (non-hydrogen) atoms. The number of nitro groups is 1. The van der Waals surface area contributed by atoms with Crippen LogP contribution in [0.3, 0.4) is 0 Å². The summed E-state index contributed by atoms with van der Waals surface area (Å²) in [6.07, 6.45) is 4.55. The number of nitrogens with zero attached hydrogens (tertiary/aromatic N) is 1. The van der Waals surface area contributed by atoms with Gasteiger partial charge in [0.05, 0.1) is 11.5 Å². The van der Waals surface area contributed by atoms with E-state index in [0.29, 0.717) is 12.6 Å². The van der Waals surface area contributed by atoms with Crippen molar-refractivity contribution in [2.24, 2.45) is 0 Å². The van der Waals surface area contributed by atoms with Crippen molar-refractivity contribution >= 4 is 11.6 Å². The van der Waals surface area contributed by atoms with Gasteiger partial charge in [0, 0.05) is 24.7 Å². The van der Waals surface area contributed by atoms with Gasteiger partial charge >= 0.3 is 0 Å². The SMILES string of the molecule is O=C(CNCc1ccc([N+](=O)[O-])cc1)NC1CCCC1. The van der Waals surface area contributed by atoms with Crippen LogP contribution in [0.25, 0.3) is 0 Å². The lowest BCUT2D eigenvalue weighted by atomic mass is 10.2. The lowest BCUT2D eigenvalue weighted by Gasteiger charge is -2.12. The normalized spacial score (nSPS) is 15.2. The molecule has 0 saturated heterocycles. The van der Waals surface area contributed by atoms with Crippen LogP contribution in [-0.4, -0.2) is 23.4 Å². The van der Waals surface area contributed by atoms with Gasteiger partial charge in [-0.25, -0.2) is 0 Å². The summed E-state index contributed by atoms with van der Waals surface area (Å²) < 4.78 is 0. The van der Waals surface area contributed by atoms with Crippen LogP contribution in [0.2, 0.25) is 0 Å². The van der Waals surface area contributed by atoms with Crippen molar-refractivity contribution in [2.75, 3.05) is 6.54 Å². The minimum Gasteiger partial charge on any atom is -0.352 e. The topological polar surface area (TPSA) is 84.3 Å². The van der Waals surface area contributed by atoms with Gasteiger partial charge in [-0.2, -0.15) is 0 Å². The summed E-state index contributed by atoms with van der Waals surface area (Å²) >= 11 is 0. The summed E-state index contributed by atoms with van der Waals surface area (Å²) in [5.41, 5.74) is 0.997. The molecule has 6 heteroatoms. The number of non-ortho nitro benzene ring substituents is 1. The molecule has 0 aromatic heterocycles. The third-order valence-corrected chi connectivity index (χ3v) is 3.48. The zero-order chi connectivity index (χ0) is 14.4. The summed E-state index contributed by atoms with van der Waals surface area (Å²) in [5, 5.41) is 16.6. The number of hydrogen-bond donors (Lipinski definition) is 2. The Labute approximate surface area is 117 Å². The highest BCUT2D eigenvalue weighted by atomic mass is 16.6. The molecule has 1 saturated carbocycles. The fraction of sp³-hybridized carbons (Fsp3) is 0.500. The predicted octanol–water partition coefficient (Wildman–Crippen LogP) is 1.74. The van der Waals surface area contributed by atoms with E-state index in [2.05, 4.69) is 10.6 Å². The molecule has 1 aliphatic carbocycles. The van der Waals surface area contributed by atoms with Crippen LogP contribution in [0.1, 0.15) is 31.2 Å². The standard InChI is InChI=1S/C14H19N3O3/c18-14(16-12-3-1-2-4-12)10-15-9-11-5-7-13(8-6-11)17(19)20/h5-8,12,15H,1-4,9-10H2,(H,16,18). The summed E-state index contributed by atoms with van der Waals surface area (Å²) in [7, 11) is 0. The van der Waals surface area contributed by atoms with Crippen LogP contribution in [0.5, 0.6) is 0 Å².